The Bertz CT molecular complexity index is 1030. The van der Waals surface area contributed by atoms with Gasteiger partial charge in [0.2, 0.25) is 5.76 Å². The van der Waals surface area contributed by atoms with Crippen molar-refractivity contribution in [2.75, 3.05) is 5.32 Å². The molecule has 25 heavy (non-hydrogen) atoms. The zero-order valence-corrected chi connectivity index (χ0v) is 12.6. The summed E-state index contributed by atoms with van der Waals surface area (Å²) in [6, 6.07) is 8.83. The van der Waals surface area contributed by atoms with E-state index in [1.165, 1.54) is 30.3 Å². The maximum atomic E-state index is 13.5. The average molecular weight is 342 g/mol. The van der Waals surface area contributed by atoms with Crippen molar-refractivity contribution in [3.8, 4) is 0 Å². The SMILES string of the molecule is NC(=O)c1oc2ccc(F)cc2c1NC(=O)c1cccc(C(=O)O)c1. The highest BCUT2D eigenvalue weighted by atomic mass is 19.1. The van der Waals surface area contributed by atoms with Crippen LogP contribution in [0, 0.1) is 5.82 Å². The summed E-state index contributed by atoms with van der Waals surface area (Å²) < 4.78 is 18.8. The summed E-state index contributed by atoms with van der Waals surface area (Å²) in [6.07, 6.45) is 0. The van der Waals surface area contributed by atoms with Crippen LogP contribution in [-0.2, 0) is 0 Å². The Morgan fingerprint density at radius 1 is 1.08 bits per heavy atom. The maximum absolute atomic E-state index is 13.5. The topological polar surface area (TPSA) is 123 Å². The first-order valence-corrected chi connectivity index (χ1v) is 7.03. The van der Waals surface area contributed by atoms with Crippen molar-refractivity contribution in [2.45, 2.75) is 0 Å². The van der Waals surface area contributed by atoms with Gasteiger partial charge in [0.15, 0.2) is 0 Å². The third-order valence-electron chi connectivity index (χ3n) is 3.48. The number of carbonyl (C=O) groups excluding carboxylic acids is 2. The lowest BCUT2D eigenvalue weighted by molar-refractivity contribution is 0.0696. The zero-order valence-electron chi connectivity index (χ0n) is 12.6. The molecule has 0 aliphatic carbocycles. The number of carboxylic acid groups (broad SMARTS) is 1. The van der Waals surface area contributed by atoms with E-state index in [1.807, 2.05) is 0 Å². The van der Waals surface area contributed by atoms with Gasteiger partial charge in [0, 0.05) is 10.9 Å². The standard InChI is InChI=1S/C17H11FN2O5/c18-10-4-5-12-11(7-10)13(14(25-12)15(19)21)20-16(22)8-2-1-3-9(6-8)17(23)24/h1-7H,(H2,19,21)(H,20,22)(H,23,24). The predicted molar refractivity (Wildman–Crippen MR) is 86.0 cm³/mol. The summed E-state index contributed by atoms with van der Waals surface area (Å²) in [6.45, 7) is 0. The van der Waals surface area contributed by atoms with E-state index in [9.17, 15) is 18.8 Å². The van der Waals surface area contributed by atoms with Gasteiger partial charge in [-0.2, -0.15) is 0 Å². The molecule has 7 nitrogen and oxygen atoms in total. The maximum Gasteiger partial charge on any atom is 0.335 e. The van der Waals surface area contributed by atoms with Gasteiger partial charge in [0.25, 0.3) is 11.8 Å². The molecule has 3 rings (SSSR count). The number of nitrogens with two attached hydrogens (primary N) is 1. The van der Waals surface area contributed by atoms with E-state index in [2.05, 4.69) is 5.32 Å². The summed E-state index contributed by atoms with van der Waals surface area (Å²) >= 11 is 0. The first-order chi connectivity index (χ1) is 11.9. The minimum Gasteiger partial charge on any atom is -0.478 e. The molecule has 4 N–H and O–H groups in total. The van der Waals surface area contributed by atoms with Crippen molar-refractivity contribution in [2.24, 2.45) is 5.73 Å². The minimum atomic E-state index is -1.19. The number of primary amides is 1. The van der Waals surface area contributed by atoms with Crippen LogP contribution in [0.1, 0.15) is 31.3 Å². The molecule has 3 aromatic rings. The molecule has 0 saturated carbocycles. The molecule has 0 bridgehead atoms. The van der Waals surface area contributed by atoms with Crippen molar-refractivity contribution >= 4 is 34.4 Å². The molecule has 0 spiro atoms. The van der Waals surface area contributed by atoms with Crippen LogP contribution < -0.4 is 11.1 Å². The quantitative estimate of drug-likeness (QED) is 0.672. The number of fused-ring (bicyclic) bond motifs is 1. The largest absolute Gasteiger partial charge is 0.478 e. The van der Waals surface area contributed by atoms with E-state index < -0.39 is 23.6 Å². The Hall–Kier alpha value is -3.68. The lowest BCUT2D eigenvalue weighted by Crippen LogP contribution is -2.17. The van der Waals surface area contributed by atoms with Crippen LogP contribution in [0.2, 0.25) is 0 Å². The number of nitrogens with one attached hydrogen (secondary N) is 1. The van der Waals surface area contributed by atoms with E-state index in [4.69, 9.17) is 15.3 Å². The Labute approximate surface area is 139 Å². The van der Waals surface area contributed by atoms with Gasteiger partial charge in [0.1, 0.15) is 17.1 Å². The molecular formula is C17H11FN2O5. The number of hydrogen-bond donors (Lipinski definition) is 3. The number of benzene rings is 2. The number of rotatable bonds is 4. The minimum absolute atomic E-state index is 0.0427. The second kappa shape index (κ2) is 6.08. The smallest absolute Gasteiger partial charge is 0.335 e. The number of aromatic carboxylic acids is 1. The molecule has 0 aliphatic heterocycles. The van der Waals surface area contributed by atoms with E-state index in [0.29, 0.717) is 0 Å². The van der Waals surface area contributed by atoms with E-state index in [1.54, 1.807) is 0 Å². The molecule has 2 amide bonds. The fourth-order valence-corrected chi connectivity index (χ4v) is 2.35. The number of carboxylic acids is 1. The molecule has 2 aromatic carbocycles. The molecule has 126 valence electrons. The summed E-state index contributed by atoms with van der Waals surface area (Å²) in [4.78, 5) is 34.9. The van der Waals surface area contributed by atoms with Crippen LogP contribution in [-0.4, -0.2) is 22.9 Å². The molecule has 1 heterocycles. The van der Waals surface area contributed by atoms with Crippen molar-refractivity contribution in [3.63, 3.8) is 0 Å². The van der Waals surface area contributed by atoms with Gasteiger partial charge >= 0.3 is 5.97 Å². The number of anilines is 1. The van der Waals surface area contributed by atoms with Gasteiger partial charge in [-0.15, -0.1) is 0 Å². The molecule has 0 saturated heterocycles. The Kier molecular flexibility index (Phi) is 3.94. The summed E-state index contributed by atoms with van der Waals surface area (Å²) in [5.41, 5.74) is 5.30. The molecular weight excluding hydrogens is 331 g/mol. The van der Waals surface area contributed by atoms with Gasteiger partial charge in [-0.05, 0) is 36.4 Å². The predicted octanol–water partition coefficient (Wildman–Crippen LogP) is 2.62. The highest BCUT2D eigenvalue weighted by molar-refractivity contribution is 6.14. The molecule has 0 atom stereocenters. The number of amides is 2. The number of furan rings is 1. The molecule has 0 radical (unpaired) electrons. The lowest BCUT2D eigenvalue weighted by atomic mass is 10.1. The summed E-state index contributed by atoms with van der Waals surface area (Å²) in [5, 5.41) is 11.6. The number of hydrogen-bond acceptors (Lipinski definition) is 4. The Morgan fingerprint density at radius 3 is 2.48 bits per heavy atom. The van der Waals surface area contributed by atoms with Crippen LogP contribution in [0.25, 0.3) is 11.0 Å². The van der Waals surface area contributed by atoms with Crippen LogP contribution in [0.15, 0.2) is 46.9 Å². The van der Waals surface area contributed by atoms with E-state index >= 15 is 0 Å². The van der Waals surface area contributed by atoms with E-state index in [-0.39, 0.29) is 33.5 Å². The fourth-order valence-electron chi connectivity index (χ4n) is 2.35. The molecule has 0 fully saturated rings. The molecule has 1 aromatic heterocycles. The third kappa shape index (κ3) is 3.05. The van der Waals surface area contributed by atoms with Gasteiger partial charge in [0.05, 0.1) is 5.56 Å². The third-order valence-corrected chi connectivity index (χ3v) is 3.48. The Morgan fingerprint density at radius 2 is 1.80 bits per heavy atom. The monoisotopic (exact) mass is 342 g/mol. The van der Waals surface area contributed by atoms with Crippen molar-refractivity contribution in [1.29, 1.82) is 0 Å². The molecule has 0 aliphatic rings. The number of halogens is 1. The van der Waals surface area contributed by atoms with Gasteiger partial charge in [-0.3, -0.25) is 9.59 Å². The van der Waals surface area contributed by atoms with Crippen LogP contribution >= 0.6 is 0 Å². The number of carbonyl (C=O) groups is 3. The highest BCUT2D eigenvalue weighted by Gasteiger charge is 2.21. The van der Waals surface area contributed by atoms with Crippen molar-refractivity contribution in [3.05, 3.63) is 65.2 Å². The first kappa shape index (κ1) is 16.2. The molecule has 8 heteroatoms. The highest BCUT2D eigenvalue weighted by Crippen LogP contribution is 2.31. The normalized spacial score (nSPS) is 10.6. The zero-order chi connectivity index (χ0) is 18.1. The van der Waals surface area contributed by atoms with Gasteiger partial charge in [-0.1, -0.05) is 6.07 Å². The van der Waals surface area contributed by atoms with Crippen LogP contribution in [0.3, 0.4) is 0 Å². The van der Waals surface area contributed by atoms with Crippen molar-refractivity contribution in [1.82, 2.24) is 0 Å². The van der Waals surface area contributed by atoms with E-state index in [0.717, 1.165) is 12.1 Å². The first-order valence-electron chi connectivity index (χ1n) is 7.03. The second-order valence-electron chi connectivity index (χ2n) is 5.15. The van der Waals surface area contributed by atoms with Gasteiger partial charge < -0.3 is 20.6 Å². The van der Waals surface area contributed by atoms with Gasteiger partial charge in [-0.25, -0.2) is 9.18 Å². The Balaban J connectivity index is 2.05. The van der Waals surface area contributed by atoms with Crippen LogP contribution in [0.4, 0.5) is 10.1 Å². The van der Waals surface area contributed by atoms with Crippen LogP contribution in [0.5, 0.6) is 0 Å². The fraction of sp³-hybridized carbons (Fsp3) is 0. The van der Waals surface area contributed by atoms with Crippen molar-refractivity contribution < 1.29 is 28.3 Å². The lowest BCUT2D eigenvalue weighted by Gasteiger charge is -2.06. The molecule has 0 unspecified atom stereocenters. The summed E-state index contributed by atoms with van der Waals surface area (Å²) in [7, 11) is 0. The average Bonchev–Trinajstić information content (AvgIpc) is 2.93. The summed E-state index contributed by atoms with van der Waals surface area (Å²) in [5.74, 6) is -3.75. The second-order valence-corrected chi connectivity index (χ2v) is 5.15.